The van der Waals surface area contributed by atoms with Crippen LogP contribution >= 0.6 is 0 Å². The van der Waals surface area contributed by atoms with E-state index in [1.54, 1.807) is 48.7 Å². The third-order valence-corrected chi connectivity index (χ3v) is 8.24. The number of halogens is 2. The third-order valence-electron chi connectivity index (χ3n) is 8.24. The number of pyridine rings is 1. The third kappa shape index (κ3) is 5.64. The van der Waals surface area contributed by atoms with E-state index in [1.807, 2.05) is 34.5 Å². The molecule has 0 saturated heterocycles. The molecule has 0 unspecified atom stereocenters. The van der Waals surface area contributed by atoms with Crippen molar-refractivity contribution in [3.8, 4) is 17.1 Å². The predicted molar refractivity (Wildman–Crippen MR) is 162 cm³/mol. The number of carboxylic acid groups (broad SMARTS) is 1. The number of ether oxygens (including phenoxy) is 1. The summed E-state index contributed by atoms with van der Waals surface area (Å²) in [4.78, 5) is 21.0. The number of hydrogen-bond acceptors (Lipinski definition) is 6. The monoisotopic (exact) mass is 606 g/mol. The molecule has 1 N–H and O–H groups in total. The fraction of sp³-hybridized carbons (Fsp3) is 0.206. The van der Waals surface area contributed by atoms with Gasteiger partial charge in [0.15, 0.2) is 0 Å². The normalized spacial score (nSPS) is 13.7. The van der Waals surface area contributed by atoms with Crippen molar-refractivity contribution in [1.29, 1.82) is 0 Å². The molecule has 1 aliphatic rings. The Bertz CT molecular complexity index is 2050. The van der Waals surface area contributed by atoms with Crippen LogP contribution in [0.15, 0.2) is 85.2 Å². The summed E-state index contributed by atoms with van der Waals surface area (Å²) in [6, 6.07) is 19.8. The predicted octanol–water partition coefficient (Wildman–Crippen LogP) is 6.33. The van der Waals surface area contributed by atoms with Gasteiger partial charge in [0.05, 0.1) is 34.0 Å². The molecule has 7 rings (SSSR count). The largest absolute Gasteiger partial charge is 0.478 e. The van der Waals surface area contributed by atoms with Crippen LogP contribution in [-0.2, 0) is 25.1 Å². The number of aromatic carboxylic acids is 1. The molecule has 0 spiro atoms. The smallest absolute Gasteiger partial charge is 0.335 e. The molecule has 0 atom stereocenters. The Morgan fingerprint density at radius 1 is 1.00 bits per heavy atom. The van der Waals surface area contributed by atoms with Gasteiger partial charge in [0.1, 0.15) is 24.1 Å². The van der Waals surface area contributed by atoms with Crippen LogP contribution in [0.3, 0.4) is 0 Å². The van der Waals surface area contributed by atoms with Crippen LogP contribution in [0.1, 0.15) is 45.7 Å². The van der Waals surface area contributed by atoms with Gasteiger partial charge < -0.3 is 14.4 Å². The Labute approximate surface area is 256 Å². The molecule has 11 heteroatoms. The fourth-order valence-corrected chi connectivity index (χ4v) is 5.60. The lowest BCUT2D eigenvalue weighted by molar-refractivity contribution is 0.0697. The molecule has 0 aliphatic heterocycles. The maximum absolute atomic E-state index is 15.6. The zero-order valence-electron chi connectivity index (χ0n) is 24.3. The van der Waals surface area contributed by atoms with Crippen LogP contribution in [0.25, 0.3) is 22.3 Å². The van der Waals surface area contributed by atoms with Crippen LogP contribution in [0, 0.1) is 18.6 Å². The second kappa shape index (κ2) is 11.2. The number of benzene rings is 3. The topological polar surface area (TPSA) is 108 Å². The van der Waals surface area contributed by atoms with Crippen molar-refractivity contribution in [2.45, 2.75) is 44.9 Å². The first-order valence-corrected chi connectivity index (χ1v) is 14.5. The van der Waals surface area contributed by atoms with Crippen LogP contribution in [0.4, 0.5) is 8.78 Å². The van der Waals surface area contributed by atoms with E-state index in [0.29, 0.717) is 52.2 Å². The zero-order valence-corrected chi connectivity index (χ0v) is 24.3. The molecule has 0 radical (unpaired) electrons. The van der Waals surface area contributed by atoms with Crippen LogP contribution in [0.2, 0.25) is 0 Å². The Morgan fingerprint density at radius 3 is 2.60 bits per heavy atom. The Balaban J connectivity index is 1.16. The van der Waals surface area contributed by atoms with Crippen molar-refractivity contribution in [2.24, 2.45) is 0 Å². The maximum Gasteiger partial charge on any atom is 0.335 e. The summed E-state index contributed by atoms with van der Waals surface area (Å²) in [5, 5.41) is 17.8. The van der Waals surface area contributed by atoms with E-state index < -0.39 is 11.8 Å². The second-order valence-corrected chi connectivity index (χ2v) is 11.4. The molecule has 226 valence electrons. The van der Waals surface area contributed by atoms with Crippen LogP contribution < -0.4 is 4.74 Å². The van der Waals surface area contributed by atoms with E-state index >= 15 is 4.39 Å². The number of fused-ring (bicyclic) bond motifs is 1. The average Bonchev–Trinajstić information content (AvgIpc) is 3.43. The summed E-state index contributed by atoms with van der Waals surface area (Å²) in [5.74, 6) is -0.894. The molecule has 0 amide bonds. The van der Waals surface area contributed by atoms with Crippen molar-refractivity contribution in [2.75, 3.05) is 0 Å². The lowest BCUT2D eigenvalue weighted by Gasteiger charge is -2.19. The van der Waals surface area contributed by atoms with E-state index in [9.17, 15) is 14.3 Å². The molecule has 1 aliphatic carbocycles. The number of imidazole rings is 1. The molecule has 3 aromatic carbocycles. The number of aryl methyl sites for hydroxylation is 1. The number of carboxylic acids is 1. The number of rotatable bonds is 10. The first kappa shape index (κ1) is 28.3. The Hall–Kier alpha value is -5.45. The highest BCUT2D eigenvalue weighted by molar-refractivity contribution is 5.92. The molecule has 3 heterocycles. The minimum absolute atomic E-state index is 0.00284. The van der Waals surface area contributed by atoms with Crippen molar-refractivity contribution >= 4 is 17.0 Å². The summed E-state index contributed by atoms with van der Waals surface area (Å²) in [5.41, 5.74) is 3.84. The highest BCUT2D eigenvalue weighted by Crippen LogP contribution is 2.45. The highest BCUT2D eigenvalue weighted by Gasteiger charge is 2.46. The van der Waals surface area contributed by atoms with E-state index in [2.05, 4.69) is 15.3 Å². The van der Waals surface area contributed by atoms with Gasteiger partial charge in [-0.2, -0.15) is 0 Å². The van der Waals surface area contributed by atoms with Gasteiger partial charge in [-0.05, 0) is 73.4 Å². The minimum atomic E-state index is -1.02. The number of hydrogen-bond donors (Lipinski definition) is 1. The van der Waals surface area contributed by atoms with Crippen molar-refractivity contribution in [3.63, 3.8) is 0 Å². The molecular formula is C34H28F2N6O3. The molecule has 1 saturated carbocycles. The first-order chi connectivity index (χ1) is 21.8. The molecule has 9 nitrogen and oxygen atoms in total. The number of aromatic nitrogens is 6. The maximum atomic E-state index is 15.6. The van der Waals surface area contributed by atoms with E-state index in [1.165, 1.54) is 18.2 Å². The highest BCUT2D eigenvalue weighted by atomic mass is 19.1. The molecule has 6 aromatic rings. The molecule has 3 aromatic heterocycles. The van der Waals surface area contributed by atoms with Gasteiger partial charge in [0.25, 0.3) is 0 Å². The standard InChI is InChI=1S/C34H28F2N6O3/c1-21-5-7-24(26(35)15-21)19-45-32-4-2-3-28(39-32)25-9-6-22(16-27(25)36)17-31-38-29-10-8-23(33(43)44)18-30(29)41(31)20-34(11-12-34)42-14-13-37-40-42/h2-10,13-16,18H,11-12,17,19-20H2,1H3,(H,43,44). The second-order valence-electron chi connectivity index (χ2n) is 11.4. The quantitative estimate of drug-likeness (QED) is 0.194. The van der Waals surface area contributed by atoms with Crippen LogP contribution in [-0.4, -0.2) is 40.6 Å². The van der Waals surface area contributed by atoms with E-state index in [-0.39, 0.29) is 29.4 Å². The number of carbonyl (C=O) groups is 1. The van der Waals surface area contributed by atoms with Gasteiger partial charge in [-0.25, -0.2) is 28.2 Å². The van der Waals surface area contributed by atoms with E-state index in [0.717, 1.165) is 18.4 Å². The van der Waals surface area contributed by atoms with Gasteiger partial charge in [-0.1, -0.05) is 29.5 Å². The zero-order chi connectivity index (χ0) is 31.1. The fourth-order valence-electron chi connectivity index (χ4n) is 5.60. The molecule has 1 fully saturated rings. The molecule has 0 bridgehead atoms. The van der Waals surface area contributed by atoms with Crippen molar-refractivity contribution in [3.05, 3.63) is 125 Å². The van der Waals surface area contributed by atoms with Gasteiger partial charge in [-0.15, -0.1) is 5.10 Å². The number of nitrogens with zero attached hydrogens (tertiary/aromatic N) is 6. The summed E-state index contributed by atoms with van der Waals surface area (Å²) < 4.78 is 39.4. The van der Waals surface area contributed by atoms with Gasteiger partial charge in [0.2, 0.25) is 5.88 Å². The lowest BCUT2D eigenvalue weighted by Crippen LogP contribution is -2.25. The van der Waals surface area contributed by atoms with E-state index in [4.69, 9.17) is 9.72 Å². The minimum Gasteiger partial charge on any atom is -0.478 e. The summed E-state index contributed by atoms with van der Waals surface area (Å²) >= 11 is 0. The van der Waals surface area contributed by atoms with Crippen molar-refractivity contribution in [1.82, 2.24) is 29.5 Å². The summed E-state index contributed by atoms with van der Waals surface area (Å²) in [6.45, 7) is 2.34. The van der Waals surface area contributed by atoms with Crippen molar-refractivity contribution < 1.29 is 23.4 Å². The summed E-state index contributed by atoms with van der Waals surface area (Å²) in [6.07, 6.45) is 5.58. The van der Waals surface area contributed by atoms with Gasteiger partial charge in [-0.3, -0.25) is 0 Å². The lowest BCUT2D eigenvalue weighted by atomic mass is 10.1. The average molecular weight is 607 g/mol. The Kier molecular flexibility index (Phi) is 7.07. The first-order valence-electron chi connectivity index (χ1n) is 14.5. The summed E-state index contributed by atoms with van der Waals surface area (Å²) in [7, 11) is 0. The molecular weight excluding hydrogens is 578 g/mol. The Morgan fingerprint density at radius 2 is 1.87 bits per heavy atom. The van der Waals surface area contributed by atoms with Crippen LogP contribution in [0.5, 0.6) is 5.88 Å². The van der Waals surface area contributed by atoms with Gasteiger partial charge >= 0.3 is 5.97 Å². The SMILES string of the molecule is Cc1ccc(COc2cccc(-c3ccc(Cc4nc5ccc(C(=O)O)cc5n4CC4(n5ccnn5)CC4)cc3F)n2)c(F)c1. The van der Waals surface area contributed by atoms with Gasteiger partial charge in [0, 0.05) is 36.4 Å². The molecule has 45 heavy (non-hydrogen) atoms.